The highest BCUT2D eigenvalue weighted by molar-refractivity contribution is 6.17. The first-order valence-corrected chi connectivity index (χ1v) is 4.51. The summed E-state index contributed by atoms with van der Waals surface area (Å²) in [7, 11) is 1.38. The second-order valence-corrected chi connectivity index (χ2v) is 2.77. The largest absolute Gasteiger partial charge is 0.469 e. The highest BCUT2D eigenvalue weighted by Gasteiger charge is 2.16. The summed E-state index contributed by atoms with van der Waals surface area (Å²) in [6.07, 6.45) is 0.731. The molecular formula is C8H15ClO3. The second kappa shape index (κ2) is 7.37. The van der Waals surface area contributed by atoms with E-state index in [0.717, 1.165) is 6.42 Å². The van der Waals surface area contributed by atoms with Gasteiger partial charge in [-0.15, -0.1) is 11.6 Å². The van der Waals surface area contributed by atoms with Crippen molar-refractivity contribution >= 4 is 17.6 Å². The van der Waals surface area contributed by atoms with Crippen molar-refractivity contribution < 1.29 is 14.3 Å². The van der Waals surface area contributed by atoms with Crippen LogP contribution in [0.5, 0.6) is 0 Å². The molecule has 0 rings (SSSR count). The predicted octanol–water partition coefficient (Wildman–Crippen LogP) is 1.44. The van der Waals surface area contributed by atoms with Gasteiger partial charge in [-0.25, -0.2) is 0 Å². The third-order valence-corrected chi connectivity index (χ3v) is 1.72. The molecule has 0 N–H and O–H groups in total. The zero-order chi connectivity index (χ0) is 9.40. The van der Waals surface area contributed by atoms with Crippen LogP contribution in [0.4, 0.5) is 0 Å². The highest BCUT2D eigenvalue weighted by atomic mass is 35.5. The van der Waals surface area contributed by atoms with E-state index in [-0.39, 0.29) is 11.9 Å². The Bertz CT molecular complexity index is 127. The summed E-state index contributed by atoms with van der Waals surface area (Å²) in [5.41, 5.74) is 0. The van der Waals surface area contributed by atoms with Crippen molar-refractivity contribution in [2.45, 2.75) is 13.3 Å². The standard InChI is InChI=1S/C8H15ClO3/c1-3-7(8(10)11-2)6-12-5-4-9/h7H,3-6H2,1-2H3. The number of ether oxygens (including phenoxy) is 2. The van der Waals surface area contributed by atoms with Crippen LogP contribution in [0.2, 0.25) is 0 Å². The fourth-order valence-electron chi connectivity index (χ4n) is 0.799. The summed E-state index contributed by atoms with van der Waals surface area (Å²) in [6, 6.07) is 0. The monoisotopic (exact) mass is 194 g/mol. The Labute approximate surface area is 78.0 Å². The summed E-state index contributed by atoms with van der Waals surface area (Å²) < 4.78 is 9.71. The molecule has 0 aliphatic carbocycles. The molecule has 3 nitrogen and oxygen atoms in total. The van der Waals surface area contributed by atoms with Crippen molar-refractivity contribution in [1.82, 2.24) is 0 Å². The number of hydrogen-bond donors (Lipinski definition) is 0. The zero-order valence-electron chi connectivity index (χ0n) is 7.51. The number of rotatable bonds is 6. The summed E-state index contributed by atoms with van der Waals surface area (Å²) in [5.74, 6) is 0.0859. The molecule has 0 saturated carbocycles. The number of carbonyl (C=O) groups is 1. The first-order valence-electron chi connectivity index (χ1n) is 3.97. The van der Waals surface area contributed by atoms with Crippen molar-refractivity contribution in [3.63, 3.8) is 0 Å². The number of hydrogen-bond acceptors (Lipinski definition) is 3. The minimum Gasteiger partial charge on any atom is -0.469 e. The fourth-order valence-corrected chi connectivity index (χ4v) is 0.908. The number of esters is 1. The van der Waals surface area contributed by atoms with Gasteiger partial charge in [-0.05, 0) is 6.42 Å². The third kappa shape index (κ3) is 4.57. The Balaban J connectivity index is 3.60. The van der Waals surface area contributed by atoms with Crippen LogP contribution in [-0.4, -0.2) is 32.2 Å². The number of alkyl halides is 1. The first-order chi connectivity index (χ1) is 5.76. The van der Waals surface area contributed by atoms with Crippen LogP contribution in [0.15, 0.2) is 0 Å². The van der Waals surface area contributed by atoms with Gasteiger partial charge >= 0.3 is 5.97 Å². The molecule has 0 bridgehead atoms. The van der Waals surface area contributed by atoms with Crippen molar-refractivity contribution in [2.24, 2.45) is 5.92 Å². The molecule has 0 aromatic rings. The summed E-state index contributed by atoms with van der Waals surface area (Å²) in [5, 5.41) is 0. The van der Waals surface area contributed by atoms with E-state index in [2.05, 4.69) is 4.74 Å². The molecule has 0 fully saturated rings. The number of methoxy groups -OCH3 is 1. The smallest absolute Gasteiger partial charge is 0.310 e. The second-order valence-electron chi connectivity index (χ2n) is 2.39. The lowest BCUT2D eigenvalue weighted by molar-refractivity contribution is -0.147. The van der Waals surface area contributed by atoms with E-state index >= 15 is 0 Å². The molecule has 0 amide bonds. The first kappa shape index (κ1) is 11.7. The van der Waals surface area contributed by atoms with Crippen LogP contribution in [0, 0.1) is 5.92 Å². The Morgan fingerprint density at radius 2 is 2.25 bits per heavy atom. The van der Waals surface area contributed by atoms with Gasteiger partial charge in [0, 0.05) is 5.88 Å². The lowest BCUT2D eigenvalue weighted by Crippen LogP contribution is -2.21. The van der Waals surface area contributed by atoms with Gasteiger partial charge in [0.05, 0.1) is 26.2 Å². The molecule has 1 unspecified atom stereocenters. The average molecular weight is 195 g/mol. The molecule has 1 atom stereocenters. The van der Waals surface area contributed by atoms with E-state index in [0.29, 0.717) is 19.1 Å². The Morgan fingerprint density at radius 1 is 1.58 bits per heavy atom. The summed E-state index contributed by atoms with van der Waals surface area (Å²) in [6.45, 7) is 2.80. The van der Waals surface area contributed by atoms with E-state index < -0.39 is 0 Å². The van der Waals surface area contributed by atoms with E-state index in [1.165, 1.54) is 7.11 Å². The maximum atomic E-state index is 11.0. The van der Waals surface area contributed by atoms with E-state index in [4.69, 9.17) is 16.3 Å². The van der Waals surface area contributed by atoms with Gasteiger partial charge in [0.2, 0.25) is 0 Å². The topological polar surface area (TPSA) is 35.5 Å². The SMILES string of the molecule is CCC(COCCCl)C(=O)OC. The third-order valence-electron chi connectivity index (χ3n) is 1.57. The van der Waals surface area contributed by atoms with E-state index in [9.17, 15) is 4.79 Å². The summed E-state index contributed by atoms with van der Waals surface area (Å²) >= 11 is 5.40. The molecule has 0 aliphatic rings. The Kier molecular flexibility index (Phi) is 7.20. The van der Waals surface area contributed by atoms with Crippen molar-refractivity contribution in [3.8, 4) is 0 Å². The van der Waals surface area contributed by atoms with E-state index in [1.54, 1.807) is 0 Å². The highest BCUT2D eigenvalue weighted by Crippen LogP contribution is 2.05. The van der Waals surface area contributed by atoms with Crippen molar-refractivity contribution in [3.05, 3.63) is 0 Å². The lowest BCUT2D eigenvalue weighted by Gasteiger charge is -2.11. The maximum absolute atomic E-state index is 11.0. The van der Waals surface area contributed by atoms with Crippen LogP contribution in [0.3, 0.4) is 0 Å². The lowest BCUT2D eigenvalue weighted by atomic mass is 10.1. The number of halogens is 1. The maximum Gasteiger partial charge on any atom is 0.310 e. The molecule has 0 radical (unpaired) electrons. The molecular weight excluding hydrogens is 180 g/mol. The van der Waals surface area contributed by atoms with E-state index in [1.807, 2.05) is 6.92 Å². The van der Waals surface area contributed by atoms with Crippen molar-refractivity contribution in [1.29, 1.82) is 0 Å². The van der Waals surface area contributed by atoms with Gasteiger partial charge < -0.3 is 9.47 Å². The molecule has 4 heteroatoms. The average Bonchev–Trinajstić information content (AvgIpc) is 2.11. The van der Waals surface area contributed by atoms with Gasteiger partial charge in [-0.3, -0.25) is 4.79 Å². The van der Waals surface area contributed by atoms with Crippen LogP contribution >= 0.6 is 11.6 Å². The Hall–Kier alpha value is -0.280. The minimum atomic E-state index is -0.216. The van der Waals surface area contributed by atoms with Gasteiger partial charge in [-0.2, -0.15) is 0 Å². The van der Waals surface area contributed by atoms with Crippen molar-refractivity contribution in [2.75, 3.05) is 26.2 Å². The van der Waals surface area contributed by atoms with Gasteiger partial charge in [0.1, 0.15) is 0 Å². The minimum absolute atomic E-state index is 0.154. The zero-order valence-corrected chi connectivity index (χ0v) is 8.26. The summed E-state index contributed by atoms with van der Waals surface area (Å²) in [4.78, 5) is 11.0. The molecule has 72 valence electrons. The molecule has 0 aromatic carbocycles. The molecule has 0 spiro atoms. The molecule has 12 heavy (non-hydrogen) atoms. The molecule has 0 heterocycles. The van der Waals surface area contributed by atoms with Gasteiger partial charge in [-0.1, -0.05) is 6.92 Å². The van der Waals surface area contributed by atoms with Crippen LogP contribution in [0.25, 0.3) is 0 Å². The Morgan fingerprint density at radius 3 is 2.67 bits per heavy atom. The van der Waals surface area contributed by atoms with Crippen LogP contribution < -0.4 is 0 Å². The molecule has 0 aromatic heterocycles. The van der Waals surface area contributed by atoms with Crippen LogP contribution in [-0.2, 0) is 14.3 Å². The number of carbonyl (C=O) groups excluding carboxylic acids is 1. The molecule has 0 saturated heterocycles. The molecule has 0 aliphatic heterocycles. The normalized spacial score (nSPS) is 12.6. The fraction of sp³-hybridized carbons (Fsp3) is 0.875. The predicted molar refractivity (Wildman–Crippen MR) is 47.3 cm³/mol. The van der Waals surface area contributed by atoms with Gasteiger partial charge in [0.15, 0.2) is 0 Å². The quantitative estimate of drug-likeness (QED) is 0.365. The van der Waals surface area contributed by atoms with Gasteiger partial charge in [0.25, 0.3) is 0 Å². The van der Waals surface area contributed by atoms with Crippen LogP contribution in [0.1, 0.15) is 13.3 Å².